The summed E-state index contributed by atoms with van der Waals surface area (Å²) >= 11 is 0. The Morgan fingerprint density at radius 2 is 2.14 bits per heavy atom. The van der Waals surface area contributed by atoms with Crippen molar-refractivity contribution in [2.24, 2.45) is 11.7 Å². The monoisotopic (exact) mass is 197 g/mol. The first kappa shape index (κ1) is 11.0. The van der Waals surface area contributed by atoms with Gasteiger partial charge in [-0.2, -0.15) is 0 Å². The van der Waals surface area contributed by atoms with Crippen molar-refractivity contribution in [1.29, 1.82) is 0 Å². The van der Waals surface area contributed by atoms with E-state index in [9.17, 15) is 4.39 Å². The van der Waals surface area contributed by atoms with Gasteiger partial charge in [-0.1, -0.05) is 13.8 Å². The molecule has 0 amide bonds. The fraction of sp³-hybridized carbons (Fsp3) is 0.455. The van der Waals surface area contributed by atoms with E-state index in [0.717, 1.165) is 0 Å². The van der Waals surface area contributed by atoms with Crippen LogP contribution in [0.3, 0.4) is 0 Å². The van der Waals surface area contributed by atoms with Gasteiger partial charge < -0.3 is 10.5 Å². The topological polar surface area (TPSA) is 35.2 Å². The van der Waals surface area contributed by atoms with E-state index in [2.05, 4.69) is 13.8 Å². The van der Waals surface area contributed by atoms with Crippen LogP contribution in [0.5, 0.6) is 5.75 Å². The normalized spacial score (nSPS) is 10.6. The quantitative estimate of drug-likeness (QED) is 0.804. The van der Waals surface area contributed by atoms with Gasteiger partial charge >= 0.3 is 0 Å². The molecule has 78 valence electrons. The predicted octanol–water partition coefficient (Wildman–Crippen LogP) is 2.32. The smallest absolute Gasteiger partial charge is 0.123 e. The molecule has 1 aromatic rings. The summed E-state index contributed by atoms with van der Waals surface area (Å²) in [7, 11) is 0. The molecule has 14 heavy (non-hydrogen) atoms. The van der Waals surface area contributed by atoms with Crippen molar-refractivity contribution in [2.45, 2.75) is 20.4 Å². The number of hydrogen-bond acceptors (Lipinski definition) is 2. The molecule has 0 unspecified atom stereocenters. The van der Waals surface area contributed by atoms with Crippen molar-refractivity contribution in [1.82, 2.24) is 0 Å². The van der Waals surface area contributed by atoms with Crippen LogP contribution < -0.4 is 10.5 Å². The van der Waals surface area contributed by atoms with Crippen LogP contribution in [0.2, 0.25) is 0 Å². The van der Waals surface area contributed by atoms with E-state index in [-0.39, 0.29) is 5.82 Å². The number of nitrogens with two attached hydrogens (primary N) is 1. The summed E-state index contributed by atoms with van der Waals surface area (Å²) in [6.07, 6.45) is 0. The minimum Gasteiger partial charge on any atom is -0.493 e. The van der Waals surface area contributed by atoms with Gasteiger partial charge in [0.25, 0.3) is 0 Å². The highest BCUT2D eigenvalue weighted by molar-refractivity contribution is 5.33. The van der Waals surface area contributed by atoms with Gasteiger partial charge in [-0.25, -0.2) is 4.39 Å². The number of halogens is 1. The minimum atomic E-state index is -0.276. The Labute approximate surface area is 83.9 Å². The molecular formula is C11H16FNO. The van der Waals surface area contributed by atoms with Crippen molar-refractivity contribution < 1.29 is 9.13 Å². The van der Waals surface area contributed by atoms with Crippen molar-refractivity contribution in [2.75, 3.05) is 6.61 Å². The van der Waals surface area contributed by atoms with E-state index in [4.69, 9.17) is 10.5 Å². The van der Waals surface area contributed by atoms with Gasteiger partial charge in [-0.3, -0.25) is 0 Å². The zero-order valence-electron chi connectivity index (χ0n) is 8.59. The second kappa shape index (κ2) is 4.96. The maximum Gasteiger partial charge on any atom is 0.123 e. The molecule has 0 saturated carbocycles. The lowest BCUT2D eigenvalue weighted by Crippen LogP contribution is -2.08. The largest absolute Gasteiger partial charge is 0.493 e. The third-order valence-corrected chi connectivity index (χ3v) is 1.81. The lowest BCUT2D eigenvalue weighted by molar-refractivity contribution is 0.268. The molecule has 0 aliphatic heterocycles. The van der Waals surface area contributed by atoms with E-state index in [0.29, 0.717) is 30.4 Å². The molecule has 2 nitrogen and oxygen atoms in total. The molecule has 0 heterocycles. The summed E-state index contributed by atoms with van der Waals surface area (Å²) in [6, 6.07) is 4.42. The molecule has 0 saturated heterocycles. The van der Waals surface area contributed by atoms with Crippen molar-refractivity contribution in [3.63, 3.8) is 0 Å². The standard InChI is InChI=1S/C11H16FNO/c1-8(2)7-14-11-4-3-10(12)5-9(11)6-13/h3-5,8H,6-7,13H2,1-2H3. The average molecular weight is 197 g/mol. The molecule has 0 spiro atoms. The molecule has 0 radical (unpaired) electrons. The van der Waals surface area contributed by atoms with Crippen LogP contribution >= 0.6 is 0 Å². The van der Waals surface area contributed by atoms with Gasteiger partial charge in [0.05, 0.1) is 6.61 Å². The zero-order chi connectivity index (χ0) is 10.6. The second-order valence-electron chi connectivity index (χ2n) is 3.66. The fourth-order valence-corrected chi connectivity index (χ4v) is 1.10. The molecule has 0 aliphatic carbocycles. The Hall–Kier alpha value is -1.09. The van der Waals surface area contributed by atoms with Crippen molar-refractivity contribution >= 4 is 0 Å². The van der Waals surface area contributed by atoms with Gasteiger partial charge in [-0.05, 0) is 24.1 Å². The summed E-state index contributed by atoms with van der Waals surface area (Å²) in [5, 5.41) is 0. The second-order valence-corrected chi connectivity index (χ2v) is 3.66. The average Bonchev–Trinajstić information content (AvgIpc) is 2.15. The SMILES string of the molecule is CC(C)COc1ccc(F)cc1CN. The van der Waals surface area contributed by atoms with Crippen LogP contribution in [-0.4, -0.2) is 6.61 Å². The first-order valence-electron chi connectivity index (χ1n) is 4.74. The molecule has 1 rings (SSSR count). The van der Waals surface area contributed by atoms with Gasteiger partial charge in [-0.15, -0.1) is 0 Å². The third kappa shape index (κ3) is 3.00. The Morgan fingerprint density at radius 3 is 2.71 bits per heavy atom. The van der Waals surface area contributed by atoms with Crippen molar-refractivity contribution in [3.05, 3.63) is 29.6 Å². The van der Waals surface area contributed by atoms with E-state index in [1.54, 1.807) is 6.07 Å². The highest BCUT2D eigenvalue weighted by Crippen LogP contribution is 2.19. The third-order valence-electron chi connectivity index (χ3n) is 1.81. The lowest BCUT2D eigenvalue weighted by Gasteiger charge is -2.11. The fourth-order valence-electron chi connectivity index (χ4n) is 1.10. The Balaban J connectivity index is 2.75. The molecular weight excluding hydrogens is 181 g/mol. The Morgan fingerprint density at radius 1 is 1.43 bits per heavy atom. The lowest BCUT2D eigenvalue weighted by atomic mass is 10.2. The van der Waals surface area contributed by atoms with Gasteiger partial charge in [0.15, 0.2) is 0 Å². The van der Waals surface area contributed by atoms with Crippen LogP contribution in [0.4, 0.5) is 4.39 Å². The summed E-state index contributed by atoms with van der Waals surface area (Å²) < 4.78 is 18.3. The highest BCUT2D eigenvalue weighted by atomic mass is 19.1. The number of rotatable bonds is 4. The van der Waals surface area contributed by atoms with E-state index < -0.39 is 0 Å². The van der Waals surface area contributed by atoms with E-state index >= 15 is 0 Å². The first-order chi connectivity index (χ1) is 6.63. The maximum atomic E-state index is 12.8. The molecule has 0 aromatic heterocycles. The molecule has 2 N–H and O–H groups in total. The molecule has 0 atom stereocenters. The highest BCUT2D eigenvalue weighted by Gasteiger charge is 2.04. The molecule has 0 bridgehead atoms. The van der Waals surface area contributed by atoms with Gasteiger partial charge in [0, 0.05) is 12.1 Å². The van der Waals surface area contributed by atoms with Crippen LogP contribution in [0.25, 0.3) is 0 Å². The van der Waals surface area contributed by atoms with Gasteiger partial charge in [0.1, 0.15) is 11.6 Å². The van der Waals surface area contributed by atoms with Crippen LogP contribution in [0, 0.1) is 11.7 Å². The first-order valence-corrected chi connectivity index (χ1v) is 4.74. The van der Waals surface area contributed by atoms with Gasteiger partial charge in [0.2, 0.25) is 0 Å². The number of hydrogen-bond donors (Lipinski definition) is 1. The zero-order valence-corrected chi connectivity index (χ0v) is 8.59. The summed E-state index contributed by atoms with van der Waals surface area (Å²) in [5.74, 6) is 0.857. The Bertz CT molecular complexity index is 299. The summed E-state index contributed by atoms with van der Waals surface area (Å²) in [4.78, 5) is 0. The molecule has 3 heteroatoms. The molecule has 0 fully saturated rings. The number of benzene rings is 1. The maximum absolute atomic E-state index is 12.8. The minimum absolute atomic E-state index is 0.276. The molecule has 1 aromatic carbocycles. The van der Waals surface area contributed by atoms with Crippen molar-refractivity contribution in [3.8, 4) is 5.75 Å². The number of ether oxygens (including phenoxy) is 1. The van der Waals surface area contributed by atoms with Crippen LogP contribution in [0.15, 0.2) is 18.2 Å². The van der Waals surface area contributed by atoms with Crippen LogP contribution in [-0.2, 0) is 6.54 Å². The molecule has 0 aliphatic rings. The Kier molecular flexibility index (Phi) is 3.89. The van der Waals surface area contributed by atoms with E-state index in [1.807, 2.05) is 0 Å². The van der Waals surface area contributed by atoms with Crippen LogP contribution in [0.1, 0.15) is 19.4 Å². The van der Waals surface area contributed by atoms with E-state index in [1.165, 1.54) is 12.1 Å². The summed E-state index contributed by atoms with van der Waals surface area (Å²) in [5.41, 5.74) is 6.19. The summed E-state index contributed by atoms with van der Waals surface area (Å²) in [6.45, 7) is 5.04. The predicted molar refractivity (Wildman–Crippen MR) is 54.6 cm³/mol.